The van der Waals surface area contributed by atoms with Crippen LogP contribution in [0.3, 0.4) is 0 Å². The highest BCUT2D eigenvalue weighted by molar-refractivity contribution is 5.93. The molecule has 1 heterocycles. The van der Waals surface area contributed by atoms with E-state index in [1.807, 2.05) is 6.07 Å². The summed E-state index contributed by atoms with van der Waals surface area (Å²) in [6, 6.07) is 14.9. The van der Waals surface area contributed by atoms with Crippen molar-refractivity contribution in [3.63, 3.8) is 0 Å². The number of hydrogen-bond donors (Lipinski definition) is 0. The topological polar surface area (TPSA) is 29.5 Å². The summed E-state index contributed by atoms with van der Waals surface area (Å²) in [7, 11) is 0. The van der Waals surface area contributed by atoms with Crippen LogP contribution in [0.2, 0.25) is 0 Å². The Morgan fingerprint density at radius 2 is 1.62 bits per heavy atom. The maximum atomic E-state index is 13.7. The highest BCUT2D eigenvalue weighted by atomic mass is 19.4. The van der Waals surface area contributed by atoms with Gasteiger partial charge in [-0.05, 0) is 25.0 Å². The Bertz CT molecular complexity index is 764. The molecule has 0 bridgehead atoms. The van der Waals surface area contributed by atoms with Crippen LogP contribution in [-0.4, -0.2) is 28.6 Å². The minimum atomic E-state index is -4.58. The van der Waals surface area contributed by atoms with E-state index in [2.05, 4.69) is 0 Å². The van der Waals surface area contributed by atoms with Crippen molar-refractivity contribution in [3.8, 4) is 0 Å². The average Bonchev–Trinajstić information content (AvgIpc) is 2.63. The molecule has 0 spiro atoms. The van der Waals surface area contributed by atoms with Crippen molar-refractivity contribution >= 4 is 5.91 Å². The monoisotopic (exact) mass is 363 g/mol. The van der Waals surface area contributed by atoms with Gasteiger partial charge in [0.25, 0.3) is 5.91 Å². The molecule has 1 saturated heterocycles. The van der Waals surface area contributed by atoms with Gasteiger partial charge in [-0.2, -0.15) is 13.2 Å². The van der Waals surface area contributed by atoms with E-state index in [0.29, 0.717) is 5.56 Å². The molecule has 2 aromatic rings. The highest BCUT2D eigenvalue weighted by Gasteiger charge is 2.70. The molecule has 2 aromatic carbocycles. The molecule has 1 aliphatic rings. The number of amides is 1. The minimum Gasteiger partial charge on any atom is -0.358 e. The predicted octanol–water partition coefficient (Wildman–Crippen LogP) is 4.50. The van der Waals surface area contributed by atoms with Crippen LogP contribution in [0.4, 0.5) is 13.2 Å². The van der Waals surface area contributed by atoms with Gasteiger partial charge in [-0.1, -0.05) is 60.7 Å². The number of rotatable bonds is 5. The summed E-state index contributed by atoms with van der Waals surface area (Å²) < 4.78 is 46.8. The number of ether oxygens (including phenoxy) is 1. The Kier molecular flexibility index (Phi) is 4.80. The fourth-order valence-corrected chi connectivity index (χ4v) is 3.40. The Balaban J connectivity index is 1.84. The van der Waals surface area contributed by atoms with E-state index in [4.69, 9.17) is 4.74 Å². The quantitative estimate of drug-likeness (QED) is 0.732. The maximum absolute atomic E-state index is 13.7. The fourth-order valence-electron chi connectivity index (χ4n) is 3.40. The number of hydrogen-bond acceptors (Lipinski definition) is 2. The van der Waals surface area contributed by atoms with Gasteiger partial charge in [0.2, 0.25) is 0 Å². The Morgan fingerprint density at radius 3 is 2.15 bits per heavy atom. The molecule has 6 heteroatoms. The standard InChI is InChI=1S/C20H20F3NO2/c1-14(16-11-7-4-8-12-16)24-17(20(21,22)23)19(2,18(24)25)26-13-15-9-5-3-6-10-15/h3-12,14,17H,13H2,1-2H3/t14-,17+,19+/m0/s1. The van der Waals surface area contributed by atoms with Crippen LogP contribution in [0, 0.1) is 0 Å². The number of carbonyl (C=O) groups is 1. The number of likely N-dealkylation sites (tertiary alicyclic amines) is 1. The first-order valence-corrected chi connectivity index (χ1v) is 8.37. The summed E-state index contributed by atoms with van der Waals surface area (Å²) in [6.45, 7) is 2.77. The molecule has 0 aromatic heterocycles. The van der Waals surface area contributed by atoms with E-state index in [1.54, 1.807) is 61.5 Å². The minimum absolute atomic E-state index is 0.0524. The fraction of sp³-hybridized carbons (Fsp3) is 0.350. The second-order valence-corrected chi connectivity index (χ2v) is 6.62. The van der Waals surface area contributed by atoms with Gasteiger partial charge in [-0.15, -0.1) is 0 Å². The van der Waals surface area contributed by atoms with Crippen LogP contribution in [0.1, 0.15) is 31.0 Å². The smallest absolute Gasteiger partial charge is 0.358 e. The van der Waals surface area contributed by atoms with Crippen LogP contribution in [-0.2, 0) is 16.1 Å². The van der Waals surface area contributed by atoms with E-state index in [-0.39, 0.29) is 6.61 Å². The van der Waals surface area contributed by atoms with Crippen LogP contribution < -0.4 is 0 Å². The predicted molar refractivity (Wildman–Crippen MR) is 91.2 cm³/mol. The van der Waals surface area contributed by atoms with Gasteiger partial charge < -0.3 is 9.64 Å². The molecule has 3 atom stereocenters. The normalized spacial score (nSPS) is 24.3. The average molecular weight is 363 g/mol. The molecule has 1 aliphatic heterocycles. The molecule has 0 aliphatic carbocycles. The molecule has 3 rings (SSSR count). The number of carbonyl (C=O) groups excluding carboxylic acids is 1. The lowest BCUT2D eigenvalue weighted by atomic mass is 9.80. The Morgan fingerprint density at radius 1 is 1.08 bits per heavy atom. The van der Waals surface area contributed by atoms with Crippen molar-refractivity contribution in [2.24, 2.45) is 0 Å². The van der Waals surface area contributed by atoms with Gasteiger partial charge >= 0.3 is 6.18 Å². The SMILES string of the molecule is C[C@@H](c1ccccc1)N1C(=O)[C@](C)(OCc2ccccc2)[C@@H]1C(F)(F)F. The first-order chi connectivity index (χ1) is 12.2. The second kappa shape index (κ2) is 6.76. The Labute approximate surface area is 150 Å². The number of nitrogens with zero attached hydrogens (tertiary/aromatic N) is 1. The summed E-state index contributed by atoms with van der Waals surface area (Å²) in [5.41, 5.74) is -0.547. The number of benzene rings is 2. The molecule has 0 unspecified atom stereocenters. The third kappa shape index (κ3) is 3.21. The highest BCUT2D eigenvalue weighted by Crippen LogP contribution is 2.48. The zero-order valence-corrected chi connectivity index (χ0v) is 14.5. The van der Waals surface area contributed by atoms with Gasteiger partial charge in [-0.25, -0.2) is 0 Å². The van der Waals surface area contributed by atoms with Gasteiger partial charge in [0.15, 0.2) is 11.6 Å². The zero-order chi connectivity index (χ0) is 18.9. The molecule has 0 radical (unpaired) electrons. The van der Waals surface area contributed by atoms with E-state index in [1.165, 1.54) is 6.92 Å². The number of halogens is 3. The van der Waals surface area contributed by atoms with E-state index in [9.17, 15) is 18.0 Å². The first kappa shape index (κ1) is 18.5. The summed E-state index contributed by atoms with van der Waals surface area (Å²) >= 11 is 0. The van der Waals surface area contributed by atoms with Crippen molar-refractivity contribution in [1.29, 1.82) is 0 Å². The largest absolute Gasteiger partial charge is 0.412 e. The third-order valence-corrected chi connectivity index (χ3v) is 4.85. The number of alkyl halides is 3. The van der Waals surface area contributed by atoms with Crippen LogP contribution in [0.25, 0.3) is 0 Å². The van der Waals surface area contributed by atoms with Gasteiger partial charge in [-0.3, -0.25) is 4.79 Å². The lowest BCUT2D eigenvalue weighted by molar-refractivity contribution is -0.283. The molecule has 3 nitrogen and oxygen atoms in total. The van der Waals surface area contributed by atoms with E-state index in [0.717, 1.165) is 10.5 Å². The molecule has 0 N–H and O–H groups in total. The Hall–Kier alpha value is -2.34. The molecule has 1 fully saturated rings. The van der Waals surface area contributed by atoms with Crippen LogP contribution in [0.15, 0.2) is 60.7 Å². The molecule has 1 amide bonds. The molecule has 138 valence electrons. The van der Waals surface area contributed by atoms with Crippen molar-refractivity contribution < 1.29 is 22.7 Å². The number of β-lactam (4-membered cyclic amide) rings is 1. The van der Waals surface area contributed by atoms with E-state index < -0.39 is 29.8 Å². The van der Waals surface area contributed by atoms with Crippen molar-refractivity contribution in [2.75, 3.05) is 0 Å². The summed E-state index contributed by atoms with van der Waals surface area (Å²) in [5, 5.41) is 0. The molecule has 0 saturated carbocycles. The maximum Gasteiger partial charge on any atom is 0.412 e. The zero-order valence-electron chi connectivity index (χ0n) is 14.5. The summed E-state index contributed by atoms with van der Waals surface area (Å²) in [6.07, 6.45) is -4.58. The lowest BCUT2D eigenvalue weighted by Crippen LogP contribution is -2.78. The van der Waals surface area contributed by atoms with E-state index >= 15 is 0 Å². The second-order valence-electron chi connectivity index (χ2n) is 6.62. The lowest BCUT2D eigenvalue weighted by Gasteiger charge is -2.56. The molecule has 26 heavy (non-hydrogen) atoms. The van der Waals surface area contributed by atoms with Gasteiger partial charge in [0.05, 0.1) is 12.6 Å². The van der Waals surface area contributed by atoms with Crippen LogP contribution >= 0.6 is 0 Å². The first-order valence-electron chi connectivity index (χ1n) is 8.37. The molecular weight excluding hydrogens is 343 g/mol. The van der Waals surface area contributed by atoms with Gasteiger partial charge in [0.1, 0.15) is 0 Å². The molecular formula is C20H20F3NO2. The summed E-state index contributed by atoms with van der Waals surface area (Å²) in [4.78, 5) is 13.6. The van der Waals surface area contributed by atoms with Gasteiger partial charge in [0, 0.05) is 0 Å². The van der Waals surface area contributed by atoms with Crippen LogP contribution in [0.5, 0.6) is 0 Å². The van der Waals surface area contributed by atoms with Crippen molar-refractivity contribution in [3.05, 3.63) is 71.8 Å². The summed E-state index contributed by atoms with van der Waals surface area (Å²) in [5.74, 6) is -0.646. The third-order valence-electron chi connectivity index (χ3n) is 4.85. The van der Waals surface area contributed by atoms with Crippen molar-refractivity contribution in [1.82, 2.24) is 4.90 Å². The van der Waals surface area contributed by atoms with Crippen molar-refractivity contribution in [2.45, 2.75) is 44.3 Å².